The number of rotatable bonds is 4. The summed E-state index contributed by atoms with van der Waals surface area (Å²) in [4.78, 5) is 0. The smallest absolute Gasteiger partial charge is 0.124 e. The Bertz CT molecular complexity index is 1110. The van der Waals surface area contributed by atoms with Gasteiger partial charge in [0, 0.05) is 76.9 Å². The minimum absolute atomic E-state index is 0. The van der Waals surface area contributed by atoms with Gasteiger partial charge in [0.25, 0.3) is 0 Å². The molecule has 250 valence electrons. The average Bonchev–Trinajstić information content (AvgIpc) is 3.19. The Morgan fingerprint density at radius 3 is 0.708 bits per heavy atom. The van der Waals surface area contributed by atoms with Gasteiger partial charge in [0.2, 0.25) is 0 Å². The molecule has 48 heavy (non-hydrogen) atoms. The van der Waals surface area contributed by atoms with Crippen LogP contribution in [0.25, 0.3) is 0 Å². The molecule has 0 amide bonds. The molecule has 0 atom stereocenters. The van der Waals surface area contributed by atoms with E-state index in [4.69, 9.17) is 9.47 Å². The fourth-order valence-corrected chi connectivity index (χ4v) is 2.81. The van der Waals surface area contributed by atoms with Crippen LogP contribution in [0.4, 0.5) is 0 Å². The van der Waals surface area contributed by atoms with E-state index in [1.54, 1.807) is 0 Å². The van der Waals surface area contributed by atoms with E-state index >= 15 is 0 Å². The van der Waals surface area contributed by atoms with Gasteiger partial charge in [-0.25, -0.2) is 0 Å². The van der Waals surface area contributed by atoms with Gasteiger partial charge in [-0.3, -0.25) is 0 Å². The zero-order valence-electron chi connectivity index (χ0n) is 28.4. The van der Waals surface area contributed by atoms with Gasteiger partial charge in [0.05, 0.1) is 0 Å². The monoisotopic (exact) mass is 794 g/mol. The van der Waals surface area contributed by atoms with E-state index in [-0.39, 0.29) is 65.4 Å². The maximum atomic E-state index is 5.56. The summed E-state index contributed by atoms with van der Waals surface area (Å²) in [5.41, 5.74) is 18.0. The van der Waals surface area contributed by atoms with Crippen LogP contribution < -0.4 is 32.4 Å². The van der Waals surface area contributed by atoms with Crippen LogP contribution in [0.1, 0.15) is 0 Å². The SMILES string of the molecule is CN.CN.CN.CN.[Y].[Y].[c-]1ccc(Oc2ccccc2)cc1.[c-]1ccc(Oc2ccccc2)cc1.[c-]1ccccc1.[c-]1ccccc1. The first-order valence-corrected chi connectivity index (χ1v) is 14.4. The molecule has 0 saturated heterocycles. The van der Waals surface area contributed by atoms with Gasteiger partial charge in [-0.1, -0.05) is 36.4 Å². The summed E-state index contributed by atoms with van der Waals surface area (Å²) in [6.07, 6.45) is 0. The van der Waals surface area contributed by atoms with Crippen LogP contribution in [0.2, 0.25) is 0 Å². The van der Waals surface area contributed by atoms with Crippen LogP contribution >= 0.6 is 0 Å². The Morgan fingerprint density at radius 2 is 0.500 bits per heavy atom. The standard InChI is InChI=1S/2C12H9O.2C6H5.4CH5N.2Y/c2*1-3-7-11(8-4-1)13-12-9-5-2-6-10-12;2*1-2-4-6-5-3-1;4*1-2;;/h2*1,3-10H;2*1-5H;4*2H2,1H3;;/q4*-1;;;;;;. The first-order chi connectivity index (χ1) is 22.9. The van der Waals surface area contributed by atoms with Crippen molar-refractivity contribution in [1.29, 1.82) is 0 Å². The van der Waals surface area contributed by atoms with Crippen molar-refractivity contribution in [2.75, 3.05) is 28.2 Å². The quantitative estimate of drug-likeness (QED) is 0.135. The number of hydrogen-bond donors (Lipinski definition) is 4. The minimum Gasteiger partial charge on any atom is -0.483 e. The zero-order chi connectivity index (χ0) is 34.4. The fourth-order valence-electron chi connectivity index (χ4n) is 2.81. The van der Waals surface area contributed by atoms with Crippen LogP contribution in [0, 0.1) is 24.3 Å². The third kappa shape index (κ3) is 31.6. The van der Waals surface area contributed by atoms with E-state index in [9.17, 15) is 0 Å². The molecule has 6 aromatic carbocycles. The molecule has 6 aromatic rings. The average molecular weight is 795 g/mol. The van der Waals surface area contributed by atoms with E-state index in [1.165, 1.54) is 28.2 Å². The number of ether oxygens (including phenoxy) is 2. The van der Waals surface area contributed by atoms with Gasteiger partial charge < -0.3 is 32.4 Å². The van der Waals surface area contributed by atoms with Gasteiger partial charge in [-0.15, -0.1) is 24.3 Å². The van der Waals surface area contributed by atoms with Crippen LogP contribution in [0.3, 0.4) is 0 Å². The molecular weight excluding hydrogens is 746 g/mol. The van der Waals surface area contributed by atoms with Crippen molar-refractivity contribution < 1.29 is 74.9 Å². The van der Waals surface area contributed by atoms with Crippen molar-refractivity contribution in [2.24, 2.45) is 22.9 Å². The predicted octanol–water partition coefficient (Wildman–Crippen LogP) is 7.83. The fraction of sp³-hybridized carbons (Fsp3) is 0.100. The molecule has 6 nitrogen and oxygen atoms in total. The second-order valence-electron chi connectivity index (χ2n) is 7.46. The number of para-hydroxylation sites is 2. The third-order valence-electron chi connectivity index (χ3n) is 4.55. The topological polar surface area (TPSA) is 123 Å². The Morgan fingerprint density at radius 1 is 0.292 bits per heavy atom. The van der Waals surface area contributed by atoms with Crippen molar-refractivity contribution in [2.45, 2.75) is 0 Å². The van der Waals surface area contributed by atoms with Gasteiger partial charge in [0.15, 0.2) is 0 Å². The van der Waals surface area contributed by atoms with E-state index in [2.05, 4.69) is 47.2 Å². The summed E-state index contributed by atoms with van der Waals surface area (Å²) in [5, 5.41) is 0. The summed E-state index contributed by atoms with van der Waals surface area (Å²) in [5.74, 6) is 3.39. The summed E-state index contributed by atoms with van der Waals surface area (Å²) in [7, 11) is 6.00. The third-order valence-corrected chi connectivity index (χ3v) is 4.55. The number of benzene rings is 6. The Labute approximate surface area is 340 Å². The summed E-state index contributed by atoms with van der Waals surface area (Å²) in [6.45, 7) is 0. The molecule has 0 spiro atoms. The van der Waals surface area contributed by atoms with E-state index in [0.29, 0.717) is 0 Å². The molecule has 0 fully saturated rings. The molecule has 0 bridgehead atoms. The molecule has 0 aliphatic heterocycles. The molecule has 2 radical (unpaired) electrons. The molecule has 0 saturated carbocycles. The van der Waals surface area contributed by atoms with Crippen LogP contribution in [-0.2, 0) is 65.4 Å². The van der Waals surface area contributed by atoms with Gasteiger partial charge in [-0.05, 0) is 52.5 Å². The van der Waals surface area contributed by atoms with Crippen molar-refractivity contribution >= 4 is 0 Å². The van der Waals surface area contributed by atoms with Gasteiger partial charge in [-0.2, -0.15) is 109 Å². The molecule has 6 rings (SSSR count). The largest absolute Gasteiger partial charge is 0.483 e. The van der Waals surface area contributed by atoms with Crippen molar-refractivity contribution in [3.8, 4) is 23.0 Å². The van der Waals surface area contributed by atoms with Crippen molar-refractivity contribution in [3.05, 3.63) is 194 Å². The van der Waals surface area contributed by atoms with E-state index < -0.39 is 0 Å². The Kier molecular flexibility index (Phi) is 47.4. The second-order valence-corrected chi connectivity index (χ2v) is 7.46. The summed E-state index contributed by atoms with van der Waals surface area (Å²) in [6, 6.07) is 65.2. The first-order valence-electron chi connectivity index (χ1n) is 14.4. The van der Waals surface area contributed by atoms with Gasteiger partial charge >= 0.3 is 0 Å². The Hall–Kier alpha value is -3.03. The van der Waals surface area contributed by atoms with E-state index in [1.807, 2.05) is 170 Å². The first kappa shape index (κ1) is 51.8. The van der Waals surface area contributed by atoms with Crippen molar-refractivity contribution in [1.82, 2.24) is 0 Å². The molecular formula is C40H48N4O2Y2-4. The van der Waals surface area contributed by atoms with Crippen molar-refractivity contribution in [3.63, 3.8) is 0 Å². The second kappa shape index (κ2) is 44.0. The molecule has 0 aliphatic carbocycles. The molecule has 0 unspecified atom stereocenters. The van der Waals surface area contributed by atoms with Crippen LogP contribution in [0.5, 0.6) is 23.0 Å². The summed E-state index contributed by atoms with van der Waals surface area (Å²) >= 11 is 0. The Balaban J connectivity index is -0.000000258. The normalized spacial score (nSPS) is 7.67. The predicted molar refractivity (Wildman–Crippen MR) is 195 cm³/mol. The molecule has 8 heteroatoms. The molecule has 0 aliphatic rings. The van der Waals surface area contributed by atoms with Crippen LogP contribution in [0.15, 0.2) is 170 Å². The number of hydrogen-bond acceptors (Lipinski definition) is 6. The maximum absolute atomic E-state index is 5.56. The molecule has 0 aromatic heterocycles. The van der Waals surface area contributed by atoms with Crippen LogP contribution in [-0.4, -0.2) is 28.2 Å². The minimum atomic E-state index is 0. The molecule has 8 N–H and O–H groups in total. The zero-order valence-corrected chi connectivity index (χ0v) is 34.1. The number of nitrogens with two attached hydrogens (primary N) is 4. The molecule has 0 heterocycles. The van der Waals surface area contributed by atoms with E-state index in [0.717, 1.165) is 23.0 Å². The summed E-state index contributed by atoms with van der Waals surface area (Å²) < 4.78 is 11.1. The maximum Gasteiger partial charge on any atom is 0.124 e. The van der Waals surface area contributed by atoms with Gasteiger partial charge in [0.1, 0.15) is 11.5 Å².